The van der Waals surface area contributed by atoms with E-state index >= 15 is 0 Å². The minimum atomic E-state index is 0.299. The van der Waals surface area contributed by atoms with Crippen molar-refractivity contribution in [2.24, 2.45) is 0 Å². The Kier molecular flexibility index (Phi) is 6.07. The van der Waals surface area contributed by atoms with Gasteiger partial charge in [-0.25, -0.2) is 0 Å². The summed E-state index contributed by atoms with van der Waals surface area (Å²) in [5.41, 5.74) is 5.15. The van der Waals surface area contributed by atoms with Crippen molar-refractivity contribution in [3.05, 3.63) is 95.1 Å². The first-order chi connectivity index (χ1) is 16.2. The highest BCUT2D eigenvalue weighted by Crippen LogP contribution is 2.34. The molecule has 0 fully saturated rings. The molecule has 4 aromatic rings. The molecule has 0 atom stereocenters. The summed E-state index contributed by atoms with van der Waals surface area (Å²) in [6, 6.07) is 25.7. The van der Waals surface area contributed by atoms with Crippen molar-refractivity contribution in [1.82, 2.24) is 0 Å². The second kappa shape index (κ2) is 9.45. The van der Waals surface area contributed by atoms with Gasteiger partial charge in [0, 0.05) is 0 Å². The lowest BCUT2D eigenvalue weighted by Crippen LogP contribution is -2.02. The van der Waals surface area contributed by atoms with E-state index in [9.17, 15) is 0 Å². The Morgan fingerprint density at radius 3 is 1.91 bits per heavy atom. The average Bonchev–Trinajstić information content (AvgIpc) is 3.34. The van der Waals surface area contributed by atoms with Crippen molar-refractivity contribution in [2.75, 3.05) is 21.0 Å². The van der Waals surface area contributed by atoms with E-state index in [2.05, 4.69) is 66.7 Å². The standard InChI is InChI=1S/C29H28O4/c1-30-27-17-24(12-8-20-7-11-22-5-3-4-6-23(22)15-20)25(18-28(27)31-2)13-9-21-10-14-26-29(16-21)33-19-32-26/h3-7,10-11,14-18H,8-9,12-13,19H2,1-2H3. The average molecular weight is 441 g/mol. The van der Waals surface area contributed by atoms with Crippen LogP contribution in [0.2, 0.25) is 0 Å². The lowest BCUT2D eigenvalue weighted by Gasteiger charge is -2.16. The molecule has 4 nitrogen and oxygen atoms in total. The Labute approximate surface area is 194 Å². The van der Waals surface area contributed by atoms with Gasteiger partial charge in [0.25, 0.3) is 0 Å². The molecule has 0 spiro atoms. The summed E-state index contributed by atoms with van der Waals surface area (Å²) in [5, 5.41) is 2.56. The fourth-order valence-corrected chi connectivity index (χ4v) is 4.48. The lowest BCUT2D eigenvalue weighted by atomic mass is 9.94. The van der Waals surface area contributed by atoms with E-state index in [1.807, 2.05) is 6.07 Å². The van der Waals surface area contributed by atoms with Gasteiger partial charge in [-0.1, -0.05) is 48.5 Å². The summed E-state index contributed by atoms with van der Waals surface area (Å²) in [6.07, 6.45) is 3.73. The molecule has 4 heteroatoms. The van der Waals surface area contributed by atoms with Gasteiger partial charge >= 0.3 is 0 Å². The van der Waals surface area contributed by atoms with Gasteiger partial charge in [-0.2, -0.15) is 0 Å². The predicted octanol–water partition coefficient (Wildman–Crippen LogP) is 6.16. The third-order valence-electron chi connectivity index (χ3n) is 6.32. The Balaban J connectivity index is 1.37. The SMILES string of the molecule is COc1cc(CCc2ccc3c(c2)OCO3)c(CCc2ccc3ccccc3c2)cc1OC. The molecule has 1 aliphatic heterocycles. The van der Waals surface area contributed by atoms with Gasteiger partial charge < -0.3 is 18.9 Å². The molecule has 0 N–H and O–H groups in total. The van der Waals surface area contributed by atoms with E-state index in [0.29, 0.717) is 6.79 Å². The quantitative estimate of drug-likeness (QED) is 0.329. The molecular formula is C29H28O4. The van der Waals surface area contributed by atoms with Gasteiger partial charge in [0.05, 0.1) is 14.2 Å². The summed E-state index contributed by atoms with van der Waals surface area (Å²) in [6.45, 7) is 0.299. The third-order valence-corrected chi connectivity index (χ3v) is 6.32. The van der Waals surface area contributed by atoms with Gasteiger partial charge in [-0.3, -0.25) is 0 Å². The number of hydrogen-bond donors (Lipinski definition) is 0. The predicted molar refractivity (Wildman–Crippen MR) is 131 cm³/mol. The first kappa shape index (κ1) is 21.2. The van der Waals surface area contributed by atoms with Crippen LogP contribution in [-0.4, -0.2) is 21.0 Å². The van der Waals surface area contributed by atoms with E-state index in [4.69, 9.17) is 18.9 Å². The van der Waals surface area contributed by atoms with Crippen LogP contribution in [-0.2, 0) is 25.7 Å². The van der Waals surface area contributed by atoms with Crippen molar-refractivity contribution in [3.63, 3.8) is 0 Å². The van der Waals surface area contributed by atoms with Crippen LogP contribution >= 0.6 is 0 Å². The van der Waals surface area contributed by atoms with Crippen LogP contribution < -0.4 is 18.9 Å². The molecule has 0 radical (unpaired) electrons. The number of fused-ring (bicyclic) bond motifs is 2. The minimum Gasteiger partial charge on any atom is -0.493 e. The Bertz CT molecular complexity index is 1280. The van der Waals surface area contributed by atoms with Crippen LogP contribution in [0.5, 0.6) is 23.0 Å². The Hall–Kier alpha value is -3.66. The highest BCUT2D eigenvalue weighted by molar-refractivity contribution is 5.83. The summed E-state index contributed by atoms with van der Waals surface area (Å²) in [7, 11) is 3.38. The van der Waals surface area contributed by atoms with Crippen molar-refractivity contribution >= 4 is 10.8 Å². The molecule has 0 unspecified atom stereocenters. The topological polar surface area (TPSA) is 36.9 Å². The lowest BCUT2D eigenvalue weighted by molar-refractivity contribution is 0.174. The van der Waals surface area contributed by atoms with Crippen LogP contribution in [0.25, 0.3) is 10.8 Å². The monoisotopic (exact) mass is 440 g/mol. The van der Waals surface area contributed by atoms with Gasteiger partial charge in [0.15, 0.2) is 23.0 Å². The zero-order valence-electron chi connectivity index (χ0n) is 19.1. The second-order valence-corrected chi connectivity index (χ2v) is 8.35. The molecule has 5 rings (SSSR count). The summed E-state index contributed by atoms with van der Waals surface area (Å²) in [5.74, 6) is 3.20. The fourth-order valence-electron chi connectivity index (χ4n) is 4.48. The Morgan fingerprint density at radius 1 is 0.606 bits per heavy atom. The number of ether oxygens (including phenoxy) is 4. The molecule has 0 saturated carbocycles. The van der Waals surface area contributed by atoms with Crippen molar-refractivity contribution in [2.45, 2.75) is 25.7 Å². The number of hydrogen-bond acceptors (Lipinski definition) is 4. The zero-order chi connectivity index (χ0) is 22.6. The Morgan fingerprint density at radius 2 is 1.21 bits per heavy atom. The molecule has 168 valence electrons. The number of methoxy groups -OCH3 is 2. The molecule has 0 saturated heterocycles. The molecule has 0 amide bonds. The molecule has 1 aliphatic rings. The van der Waals surface area contributed by atoms with Crippen molar-refractivity contribution < 1.29 is 18.9 Å². The van der Waals surface area contributed by atoms with Crippen LogP contribution in [0.1, 0.15) is 22.3 Å². The molecule has 0 aliphatic carbocycles. The smallest absolute Gasteiger partial charge is 0.231 e. The van der Waals surface area contributed by atoms with Crippen LogP contribution in [0.3, 0.4) is 0 Å². The maximum atomic E-state index is 5.60. The van der Waals surface area contributed by atoms with Gasteiger partial charge in [-0.05, 0) is 83.0 Å². The summed E-state index contributed by atoms with van der Waals surface area (Å²) >= 11 is 0. The minimum absolute atomic E-state index is 0.299. The largest absolute Gasteiger partial charge is 0.493 e. The summed E-state index contributed by atoms with van der Waals surface area (Å²) in [4.78, 5) is 0. The highest BCUT2D eigenvalue weighted by Gasteiger charge is 2.15. The first-order valence-corrected chi connectivity index (χ1v) is 11.3. The molecule has 33 heavy (non-hydrogen) atoms. The maximum Gasteiger partial charge on any atom is 0.231 e. The fraction of sp³-hybridized carbons (Fsp3) is 0.241. The van der Waals surface area contributed by atoms with Crippen LogP contribution in [0, 0.1) is 0 Å². The molecule has 0 aromatic heterocycles. The number of rotatable bonds is 8. The molecule has 4 aromatic carbocycles. The van der Waals surface area contributed by atoms with Crippen molar-refractivity contribution in [3.8, 4) is 23.0 Å². The van der Waals surface area contributed by atoms with E-state index < -0.39 is 0 Å². The third kappa shape index (κ3) is 4.61. The second-order valence-electron chi connectivity index (χ2n) is 8.35. The number of aryl methyl sites for hydroxylation is 4. The first-order valence-electron chi connectivity index (χ1n) is 11.3. The van der Waals surface area contributed by atoms with Crippen molar-refractivity contribution in [1.29, 1.82) is 0 Å². The summed E-state index contributed by atoms with van der Waals surface area (Å²) < 4.78 is 22.2. The van der Waals surface area contributed by atoms with E-state index in [-0.39, 0.29) is 0 Å². The molecule has 0 bridgehead atoms. The molecular weight excluding hydrogens is 412 g/mol. The van der Waals surface area contributed by atoms with Gasteiger partial charge in [0.1, 0.15) is 0 Å². The van der Waals surface area contributed by atoms with Gasteiger partial charge in [-0.15, -0.1) is 0 Å². The maximum absolute atomic E-state index is 5.60. The highest BCUT2D eigenvalue weighted by atomic mass is 16.7. The van der Waals surface area contributed by atoms with Crippen LogP contribution in [0.15, 0.2) is 72.8 Å². The molecule has 1 heterocycles. The van der Waals surface area contributed by atoms with E-state index in [1.165, 1.54) is 33.0 Å². The van der Waals surface area contributed by atoms with E-state index in [0.717, 1.165) is 48.7 Å². The number of benzene rings is 4. The zero-order valence-corrected chi connectivity index (χ0v) is 19.1. The van der Waals surface area contributed by atoms with Crippen LogP contribution in [0.4, 0.5) is 0 Å². The normalized spacial score (nSPS) is 12.2. The van der Waals surface area contributed by atoms with Gasteiger partial charge in [0.2, 0.25) is 6.79 Å². The van der Waals surface area contributed by atoms with E-state index in [1.54, 1.807) is 14.2 Å².